The van der Waals surface area contributed by atoms with Crippen LogP contribution in [0.15, 0.2) is 73.2 Å². The van der Waals surface area contributed by atoms with Gasteiger partial charge in [0.25, 0.3) is 0 Å². The van der Waals surface area contributed by atoms with Crippen LogP contribution in [-0.4, -0.2) is 19.5 Å². The Hall–Kier alpha value is -3.60. The van der Waals surface area contributed by atoms with Crippen molar-refractivity contribution in [2.45, 2.75) is 6.92 Å². The molecule has 0 aliphatic heterocycles. The van der Waals surface area contributed by atoms with Crippen LogP contribution in [0.3, 0.4) is 0 Å². The summed E-state index contributed by atoms with van der Waals surface area (Å²) in [6, 6.07) is 16.5. The number of aryl methyl sites for hydroxylation is 1. The standard InChI is InChI=1S/C22H15FN4/c1-14-6-7-19-17(12-14)22(27-11-9-15-13-24-10-8-20(15)27)26-21(25-19)16-4-2-3-5-18(16)23/h2-13H,1H3. The first-order valence-corrected chi connectivity index (χ1v) is 8.65. The van der Waals surface area contributed by atoms with Gasteiger partial charge >= 0.3 is 0 Å². The number of pyridine rings is 1. The van der Waals surface area contributed by atoms with E-state index >= 15 is 0 Å². The quantitative estimate of drug-likeness (QED) is 0.444. The monoisotopic (exact) mass is 354 g/mol. The van der Waals surface area contributed by atoms with Crippen molar-refractivity contribution in [3.8, 4) is 17.2 Å². The Labute approximate surface area is 155 Å². The number of hydrogen-bond acceptors (Lipinski definition) is 3. The predicted octanol–water partition coefficient (Wildman–Crippen LogP) is 5.08. The molecular weight excluding hydrogens is 339 g/mol. The van der Waals surface area contributed by atoms with Crippen molar-refractivity contribution >= 4 is 21.8 Å². The highest BCUT2D eigenvalue weighted by molar-refractivity contribution is 5.91. The molecule has 130 valence electrons. The van der Waals surface area contributed by atoms with E-state index in [2.05, 4.69) is 16.0 Å². The predicted molar refractivity (Wildman–Crippen MR) is 104 cm³/mol. The molecule has 3 heterocycles. The average molecular weight is 354 g/mol. The van der Waals surface area contributed by atoms with Crippen LogP contribution in [0.5, 0.6) is 0 Å². The number of fused-ring (bicyclic) bond motifs is 2. The van der Waals surface area contributed by atoms with Gasteiger partial charge in [0.1, 0.15) is 11.6 Å². The molecule has 0 amide bonds. The summed E-state index contributed by atoms with van der Waals surface area (Å²) >= 11 is 0. The van der Waals surface area contributed by atoms with Crippen LogP contribution in [0.25, 0.3) is 39.0 Å². The van der Waals surface area contributed by atoms with E-state index in [-0.39, 0.29) is 5.82 Å². The molecule has 0 bridgehead atoms. The summed E-state index contributed by atoms with van der Waals surface area (Å²) in [6.45, 7) is 2.03. The van der Waals surface area contributed by atoms with Gasteiger partial charge in [0.05, 0.1) is 16.6 Å². The van der Waals surface area contributed by atoms with Crippen LogP contribution in [0.4, 0.5) is 4.39 Å². The first kappa shape index (κ1) is 15.6. The van der Waals surface area contributed by atoms with Crippen molar-refractivity contribution in [3.05, 3.63) is 84.6 Å². The maximum Gasteiger partial charge on any atom is 0.165 e. The van der Waals surface area contributed by atoms with Crippen LogP contribution in [0.2, 0.25) is 0 Å². The highest BCUT2D eigenvalue weighted by Crippen LogP contribution is 2.28. The zero-order chi connectivity index (χ0) is 18.4. The average Bonchev–Trinajstić information content (AvgIpc) is 3.12. The highest BCUT2D eigenvalue weighted by atomic mass is 19.1. The molecule has 0 spiro atoms. The van der Waals surface area contributed by atoms with Gasteiger partial charge in [-0.1, -0.05) is 23.8 Å². The molecule has 27 heavy (non-hydrogen) atoms. The fraction of sp³-hybridized carbons (Fsp3) is 0.0455. The van der Waals surface area contributed by atoms with Gasteiger partial charge < -0.3 is 4.57 Å². The second-order valence-electron chi connectivity index (χ2n) is 6.49. The van der Waals surface area contributed by atoms with E-state index in [1.807, 2.05) is 48.1 Å². The fourth-order valence-corrected chi connectivity index (χ4v) is 3.34. The summed E-state index contributed by atoms with van der Waals surface area (Å²) in [5, 5.41) is 1.94. The van der Waals surface area contributed by atoms with Gasteiger partial charge in [-0.15, -0.1) is 0 Å². The second-order valence-corrected chi connectivity index (χ2v) is 6.49. The maximum atomic E-state index is 14.4. The summed E-state index contributed by atoms with van der Waals surface area (Å²) in [7, 11) is 0. The van der Waals surface area contributed by atoms with Crippen LogP contribution in [0.1, 0.15) is 5.56 Å². The van der Waals surface area contributed by atoms with Crippen molar-refractivity contribution in [1.29, 1.82) is 0 Å². The fourth-order valence-electron chi connectivity index (χ4n) is 3.34. The Bertz CT molecular complexity index is 1310. The van der Waals surface area contributed by atoms with E-state index in [1.165, 1.54) is 6.07 Å². The molecule has 0 saturated heterocycles. The molecular formula is C22H15FN4. The van der Waals surface area contributed by atoms with Crippen LogP contribution >= 0.6 is 0 Å². The van der Waals surface area contributed by atoms with Crippen LogP contribution in [0, 0.1) is 12.7 Å². The van der Waals surface area contributed by atoms with Crippen molar-refractivity contribution in [1.82, 2.24) is 19.5 Å². The van der Waals surface area contributed by atoms with E-state index in [4.69, 9.17) is 4.98 Å². The van der Waals surface area contributed by atoms with Gasteiger partial charge in [-0.25, -0.2) is 14.4 Å². The topological polar surface area (TPSA) is 43.6 Å². The molecule has 0 fully saturated rings. The Morgan fingerprint density at radius 2 is 1.85 bits per heavy atom. The molecule has 0 saturated carbocycles. The number of aromatic nitrogens is 4. The highest BCUT2D eigenvalue weighted by Gasteiger charge is 2.15. The number of rotatable bonds is 2. The molecule has 4 nitrogen and oxygen atoms in total. The molecule has 0 N–H and O–H groups in total. The number of nitrogens with zero attached hydrogens (tertiary/aromatic N) is 4. The van der Waals surface area contributed by atoms with Crippen LogP contribution < -0.4 is 0 Å². The van der Waals surface area contributed by atoms with Gasteiger partial charge in [-0.05, 0) is 43.3 Å². The summed E-state index contributed by atoms with van der Waals surface area (Å²) in [6.07, 6.45) is 5.53. The van der Waals surface area contributed by atoms with Crippen molar-refractivity contribution < 1.29 is 4.39 Å². The first-order valence-electron chi connectivity index (χ1n) is 8.65. The number of benzene rings is 2. The minimum absolute atomic E-state index is 0.337. The van der Waals surface area contributed by atoms with E-state index < -0.39 is 0 Å². The zero-order valence-electron chi connectivity index (χ0n) is 14.6. The summed E-state index contributed by atoms with van der Waals surface area (Å²) in [5.41, 5.74) is 3.27. The Kier molecular flexibility index (Phi) is 3.47. The lowest BCUT2D eigenvalue weighted by Gasteiger charge is -2.12. The normalized spacial score (nSPS) is 11.3. The molecule has 0 unspecified atom stereocenters. The lowest BCUT2D eigenvalue weighted by atomic mass is 10.1. The number of halogens is 1. The SMILES string of the molecule is Cc1ccc2nc(-c3ccccc3F)nc(-n3ccc4cnccc43)c2c1. The molecule has 5 rings (SSSR count). The van der Waals surface area contributed by atoms with E-state index in [0.717, 1.165) is 33.2 Å². The lowest BCUT2D eigenvalue weighted by molar-refractivity contribution is 0.630. The molecule has 0 aliphatic rings. The number of hydrogen-bond donors (Lipinski definition) is 0. The summed E-state index contributed by atoms with van der Waals surface area (Å²) in [4.78, 5) is 13.6. The molecule has 5 heteroatoms. The minimum atomic E-state index is -0.337. The molecule has 2 aromatic carbocycles. The third kappa shape index (κ3) is 2.56. The second kappa shape index (κ2) is 5.99. The zero-order valence-corrected chi connectivity index (χ0v) is 14.6. The Morgan fingerprint density at radius 1 is 0.963 bits per heavy atom. The van der Waals surface area contributed by atoms with Gasteiger partial charge in [0.15, 0.2) is 5.82 Å². The van der Waals surface area contributed by atoms with Crippen molar-refractivity contribution in [2.75, 3.05) is 0 Å². The lowest BCUT2D eigenvalue weighted by Crippen LogP contribution is -2.02. The van der Waals surface area contributed by atoms with E-state index in [9.17, 15) is 4.39 Å². The minimum Gasteiger partial charge on any atom is -0.300 e. The van der Waals surface area contributed by atoms with Gasteiger partial charge in [-0.2, -0.15) is 0 Å². The summed E-state index contributed by atoms with van der Waals surface area (Å²) in [5.74, 6) is 0.759. The van der Waals surface area contributed by atoms with Gasteiger partial charge in [-0.3, -0.25) is 4.98 Å². The van der Waals surface area contributed by atoms with E-state index in [0.29, 0.717) is 11.4 Å². The molecule has 0 aliphatic carbocycles. The van der Waals surface area contributed by atoms with Gasteiger partial charge in [0.2, 0.25) is 0 Å². The third-order valence-electron chi connectivity index (χ3n) is 4.66. The molecule has 3 aromatic heterocycles. The first-order chi connectivity index (χ1) is 13.2. The molecule has 0 radical (unpaired) electrons. The third-order valence-corrected chi connectivity index (χ3v) is 4.66. The van der Waals surface area contributed by atoms with Crippen LogP contribution in [-0.2, 0) is 0 Å². The Balaban J connectivity index is 1.87. The van der Waals surface area contributed by atoms with Crippen molar-refractivity contribution in [3.63, 3.8) is 0 Å². The molecule has 5 aromatic rings. The largest absolute Gasteiger partial charge is 0.300 e. The van der Waals surface area contributed by atoms with Crippen molar-refractivity contribution in [2.24, 2.45) is 0 Å². The van der Waals surface area contributed by atoms with E-state index in [1.54, 1.807) is 24.4 Å². The Morgan fingerprint density at radius 3 is 2.74 bits per heavy atom. The smallest absolute Gasteiger partial charge is 0.165 e. The maximum absolute atomic E-state index is 14.4. The van der Waals surface area contributed by atoms with Gasteiger partial charge in [0, 0.05) is 29.4 Å². The molecule has 0 atom stereocenters. The summed E-state index contributed by atoms with van der Waals surface area (Å²) < 4.78 is 16.4.